The third kappa shape index (κ3) is 4.24. The Kier molecular flexibility index (Phi) is 5.82. The molecule has 9 heteroatoms. The summed E-state index contributed by atoms with van der Waals surface area (Å²) in [6.07, 6.45) is 3.38. The van der Waals surface area contributed by atoms with E-state index in [4.69, 9.17) is 5.73 Å². The Balaban J connectivity index is 2.58. The lowest BCUT2D eigenvalue weighted by Crippen LogP contribution is -2.47. The summed E-state index contributed by atoms with van der Waals surface area (Å²) in [7, 11) is 0. The highest BCUT2D eigenvalue weighted by molar-refractivity contribution is 5.73. The monoisotopic (exact) mass is 379 g/mol. The van der Waals surface area contributed by atoms with Gasteiger partial charge in [-0.1, -0.05) is 6.08 Å². The van der Waals surface area contributed by atoms with Crippen molar-refractivity contribution in [3.05, 3.63) is 42.9 Å². The Morgan fingerprint density at radius 2 is 2.15 bits per heavy atom. The van der Waals surface area contributed by atoms with Gasteiger partial charge in [0.15, 0.2) is 0 Å². The van der Waals surface area contributed by atoms with Crippen LogP contribution in [0.25, 0.3) is 11.3 Å². The highest BCUT2D eigenvalue weighted by Crippen LogP contribution is 2.34. The van der Waals surface area contributed by atoms with Crippen molar-refractivity contribution in [1.82, 2.24) is 19.7 Å². The number of halogens is 2. The zero-order valence-electron chi connectivity index (χ0n) is 15.4. The van der Waals surface area contributed by atoms with E-state index in [0.29, 0.717) is 22.4 Å². The summed E-state index contributed by atoms with van der Waals surface area (Å²) in [6.45, 7) is 6.14. The Hall–Kier alpha value is -2.97. The minimum absolute atomic E-state index is 0.0589. The standard InChI is InChI=1S/C18H23F2N5O2/c1-5-6-14(24(17(26)27)18(2,3)4)13-9-11(7-8-22-13)15-12(21)10-23-25(15)16(19)20/h5,7-10,14,16H,1,6,21H2,2-4H3,(H,26,27)/t14-/m1/s1. The summed E-state index contributed by atoms with van der Waals surface area (Å²) in [5, 5.41) is 13.3. The molecule has 0 fully saturated rings. The molecule has 0 aliphatic carbocycles. The van der Waals surface area contributed by atoms with Crippen LogP contribution in [0, 0.1) is 0 Å². The van der Waals surface area contributed by atoms with Gasteiger partial charge in [0.25, 0.3) is 0 Å². The zero-order valence-corrected chi connectivity index (χ0v) is 15.4. The van der Waals surface area contributed by atoms with Crippen molar-refractivity contribution in [3.8, 4) is 11.3 Å². The van der Waals surface area contributed by atoms with Crippen LogP contribution in [0.1, 0.15) is 45.5 Å². The van der Waals surface area contributed by atoms with Gasteiger partial charge in [-0.2, -0.15) is 13.9 Å². The molecule has 0 saturated carbocycles. The quantitative estimate of drug-likeness (QED) is 0.729. The van der Waals surface area contributed by atoms with Gasteiger partial charge in [0.05, 0.1) is 29.3 Å². The molecule has 7 nitrogen and oxygen atoms in total. The molecule has 0 saturated heterocycles. The number of alkyl halides is 2. The first-order valence-corrected chi connectivity index (χ1v) is 8.28. The molecule has 3 N–H and O–H groups in total. The van der Waals surface area contributed by atoms with Crippen molar-refractivity contribution >= 4 is 11.8 Å². The van der Waals surface area contributed by atoms with E-state index in [1.165, 1.54) is 17.2 Å². The van der Waals surface area contributed by atoms with Gasteiger partial charge in [0, 0.05) is 17.3 Å². The van der Waals surface area contributed by atoms with E-state index < -0.39 is 24.2 Å². The lowest BCUT2D eigenvalue weighted by molar-refractivity contribution is 0.0585. The normalized spacial score (nSPS) is 12.8. The molecule has 0 aromatic carbocycles. The molecule has 0 aliphatic heterocycles. The number of carbonyl (C=O) groups is 1. The average Bonchev–Trinajstić information content (AvgIpc) is 2.95. The van der Waals surface area contributed by atoms with Gasteiger partial charge < -0.3 is 10.8 Å². The van der Waals surface area contributed by atoms with Gasteiger partial charge in [0.2, 0.25) is 0 Å². The molecular weight excluding hydrogens is 356 g/mol. The summed E-state index contributed by atoms with van der Waals surface area (Å²) in [5.41, 5.74) is 6.05. The number of hydrogen-bond donors (Lipinski definition) is 2. The number of carboxylic acid groups (broad SMARTS) is 1. The van der Waals surface area contributed by atoms with Crippen LogP contribution in [0.4, 0.5) is 19.3 Å². The largest absolute Gasteiger partial charge is 0.465 e. The fraction of sp³-hybridized carbons (Fsp3) is 0.389. The van der Waals surface area contributed by atoms with Crippen molar-refractivity contribution in [2.24, 2.45) is 0 Å². The molecule has 2 aromatic heterocycles. The topological polar surface area (TPSA) is 97.3 Å². The predicted molar refractivity (Wildman–Crippen MR) is 98.3 cm³/mol. The molecule has 2 rings (SSSR count). The van der Waals surface area contributed by atoms with Crippen molar-refractivity contribution in [1.29, 1.82) is 0 Å². The van der Waals surface area contributed by atoms with Crippen LogP contribution < -0.4 is 5.73 Å². The minimum atomic E-state index is -2.86. The van der Waals surface area contributed by atoms with Crippen LogP contribution in [0.2, 0.25) is 0 Å². The number of nitrogens with two attached hydrogens (primary N) is 1. The van der Waals surface area contributed by atoms with E-state index in [2.05, 4.69) is 16.7 Å². The number of aromatic nitrogens is 3. The van der Waals surface area contributed by atoms with E-state index in [9.17, 15) is 18.7 Å². The third-order valence-corrected chi connectivity index (χ3v) is 4.03. The molecule has 0 unspecified atom stereocenters. The van der Waals surface area contributed by atoms with Crippen LogP contribution in [0.3, 0.4) is 0 Å². The second kappa shape index (κ2) is 7.73. The summed E-state index contributed by atoms with van der Waals surface area (Å²) >= 11 is 0. The molecule has 27 heavy (non-hydrogen) atoms. The maximum atomic E-state index is 13.2. The summed E-state index contributed by atoms with van der Waals surface area (Å²) in [6, 6.07) is 2.45. The first kappa shape index (κ1) is 20.3. The maximum absolute atomic E-state index is 13.2. The van der Waals surface area contributed by atoms with Crippen LogP contribution in [-0.4, -0.2) is 36.4 Å². The summed E-state index contributed by atoms with van der Waals surface area (Å²) in [4.78, 5) is 17.4. The van der Waals surface area contributed by atoms with Crippen LogP contribution in [0.15, 0.2) is 37.2 Å². The summed E-state index contributed by atoms with van der Waals surface area (Å²) in [5.74, 6) is 0. The highest BCUT2D eigenvalue weighted by atomic mass is 19.3. The Bertz CT molecular complexity index is 829. The molecule has 2 aromatic rings. The second-order valence-corrected chi connectivity index (χ2v) is 7.00. The van der Waals surface area contributed by atoms with E-state index in [0.717, 1.165) is 6.20 Å². The zero-order chi connectivity index (χ0) is 20.4. The Morgan fingerprint density at radius 1 is 1.48 bits per heavy atom. The SMILES string of the molecule is C=CC[C@H](c1cc(-c2c(N)cnn2C(F)F)ccn1)N(C(=O)O)C(C)(C)C. The molecule has 2 heterocycles. The van der Waals surface area contributed by atoms with Crippen molar-refractivity contribution in [3.63, 3.8) is 0 Å². The lowest BCUT2D eigenvalue weighted by Gasteiger charge is -2.39. The molecule has 0 spiro atoms. The van der Waals surface area contributed by atoms with Crippen LogP contribution in [0.5, 0.6) is 0 Å². The average molecular weight is 379 g/mol. The number of nitrogens with zero attached hydrogens (tertiary/aromatic N) is 4. The fourth-order valence-corrected chi connectivity index (χ4v) is 3.00. The van der Waals surface area contributed by atoms with Gasteiger partial charge in [-0.05, 0) is 39.3 Å². The molecular formula is C18H23F2N5O2. The summed E-state index contributed by atoms with van der Waals surface area (Å²) < 4.78 is 27.0. The Morgan fingerprint density at radius 3 is 2.67 bits per heavy atom. The van der Waals surface area contributed by atoms with Crippen molar-refractivity contribution < 1.29 is 18.7 Å². The molecule has 1 amide bonds. The number of pyridine rings is 1. The van der Waals surface area contributed by atoms with Crippen molar-refractivity contribution in [2.45, 2.75) is 45.3 Å². The molecule has 0 aliphatic rings. The van der Waals surface area contributed by atoms with Gasteiger partial charge >= 0.3 is 12.6 Å². The maximum Gasteiger partial charge on any atom is 0.408 e. The number of rotatable bonds is 6. The van der Waals surface area contributed by atoms with E-state index >= 15 is 0 Å². The Labute approximate surface area is 156 Å². The third-order valence-electron chi connectivity index (χ3n) is 4.03. The van der Waals surface area contributed by atoms with Gasteiger partial charge in [0.1, 0.15) is 0 Å². The lowest BCUT2D eigenvalue weighted by atomic mass is 9.98. The van der Waals surface area contributed by atoms with Gasteiger partial charge in [-0.15, -0.1) is 6.58 Å². The highest BCUT2D eigenvalue weighted by Gasteiger charge is 2.34. The molecule has 146 valence electrons. The smallest absolute Gasteiger partial charge is 0.408 e. The van der Waals surface area contributed by atoms with E-state index in [1.807, 2.05) is 0 Å². The first-order chi connectivity index (χ1) is 12.6. The van der Waals surface area contributed by atoms with Gasteiger partial charge in [-0.3, -0.25) is 9.88 Å². The number of hydrogen-bond acceptors (Lipinski definition) is 4. The van der Waals surface area contributed by atoms with Crippen molar-refractivity contribution in [2.75, 3.05) is 5.73 Å². The van der Waals surface area contributed by atoms with Crippen LogP contribution in [-0.2, 0) is 0 Å². The minimum Gasteiger partial charge on any atom is -0.465 e. The molecule has 1 atom stereocenters. The first-order valence-electron chi connectivity index (χ1n) is 8.28. The molecule has 0 bridgehead atoms. The molecule has 0 radical (unpaired) electrons. The van der Waals surface area contributed by atoms with E-state index in [1.54, 1.807) is 32.9 Å². The second-order valence-electron chi connectivity index (χ2n) is 7.00. The number of anilines is 1. The number of amides is 1. The van der Waals surface area contributed by atoms with E-state index in [-0.39, 0.29) is 11.4 Å². The number of nitrogen functional groups attached to an aromatic ring is 1. The van der Waals surface area contributed by atoms with Gasteiger partial charge in [-0.25, -0.2) is 9.48 Å². The fourth-order valence-electron chi connectivity index (χ4n) is 3.00. The predicted octanol–water partition coefficient (Wildman–Crippen LogP) is 4.32. The van der Waals surface area contributed by atoms with Crippen LogP contribution >= 0.6 is 0 Å².